The van der Waals surface area contributed by atoms with E-state index in [2.05, 4.69) is 0 Å². The second-order valence-electron chi connectivity index (χ2n) is 5.08. The van der Waals surface area contributed by atoms with Gasteiger partial charge >= 0.3 is 7.60 Å². The van der Waals surface area contributed by atoms with Crippen molar-refractivity contribution in [2.75, 3.05) is 0 Å². The van der Waals surface area contributed by atoms with Crippen LogP contribution >= 0.6 is 7.60 Å². The van der Waals surface area contributed by atoms with Crippen LogP contribution in [0.1, 0.15) is 28.8 Å². The number of phenols is 3. The van der Waals surface area contributed by atoms with Crippen LogP contribution in [0.15, 0.2) is 36.4 Å². The zero-order valence-corrected chi connectivity index (χ0v) is 12.9. The summed E-state index contributed by atoms with van der Waals surface area (Å²) in [6, 6.07) is 7.44. The summed E-state index contributed by atoms with van der Waals surface area (Å²) in [6.07, 6.45) is 0. The number of rotatable bonds is 4. The fraction of sp³-hybridized carbons (Fsp3) is 0.133. The van der Waals surface area contributed by atoms with E-state index in [1.807, 2.05) is 0 Å². The van der Waals surface area contributed by atoms with Crippen LogP contribution in [0.5, 0.6) is 17.2 Å². The summed E-state index contributed by atoms with van der Waals surface area (Å²) in [5.74, 6) is -2.97. The van der Waals surface area contributed by atoms with Crippen LogP contribution in [0, 0.1) is 0 Å². The Morgan fingerprint density at radius 1 is 1.04 bits per heavy atom. The minimum Gasteiger partial charge on any atom is -0.508 e. The highest BCUT2D eigenvalue weighted by Crippen LogP contribution is 2.40. The molecule has 0 spiro atoms. The zero-order valence-electron chi connectivity index (χ0n) is 12.0. The molecular weight excluding hydrogens is 323 g/mol. The molecule has 0 bridgehead atoms. The van der Waals surface area contributed by atoms with Crippen LogP contribution in [0.2, 0.25) is 0 Å². The van der Waals surface area contributed by atoms with Crippen molar-refractivity contribution in [2.24, 2.45) is 0 Å². The van der Waals surface area contributed by atoms with Gasteiger partial charge in [0.2, 0.25) is 0 Å². The third kappa shape index (κ3) is 3.53. The van der Waals surface area contributed by atoms with Crippen LogP contribution in [0.25, 0.3) is 0 Å². The lowest BCUT2D eigenvalue weighted by Gasteiger charge is -2.16. The molecule has 0 saturated carbocycles. The molecule has 2 aromatic rings. The average molecular weight is 338 g/mol. The van der Waals surface area contributed by atoms with Crippen molar-refractivity contribution in [3.63, 3.8) is 0 Å². The Labute approximate surface area is 131 Å². The maximum atomic E-state index is 12.6. The van der Waals surface area contributed by atoms with E-state index in [0.717, 1.165) is 12.1 Å². The average Bonchev–Trinajstić information content (AvgIpc) is 2.44. The molecule has 5 N–H and O–H groups in total. The molecule has 0 aromatic heterocycles. The molecule has 0 radical (unpaired) electrons. The van der Waals surface area contributed by atoms with E-state index in [0.29, 0.717) is 5.56 Å². The first-order valence-electron chi connectivity index (χ1n) is 6.56. The van der Waals surface area contributed by atoms with Crippen molar-refractivity contribution in [3.8, 4) is 17.2 Å². The first kappa shape index (κ1) is 17.0. The molecule has 0 amide bonds. The molecule has 0 aliphatic rings. The number of hydrogen-bond acceptors (Lipinski definition) is 5. The molecule has 0 fully saturated rings. The monoisotopic (exact) mass is 338 g/mol. The minimum absolute atomic E-state index is 0.0627. The summed E-state index contributed by atoms with van der Waals surface area (Å²) in [6.45, 7) is 1.48. The highest BCUT2D eigenvalue weighted by atomic mass is 31.2. The van der Waals surface area contributed by atoms with Gasteiger partial charge in [-0.3, -0.25) is 9.36 Å². The van der Waals surface area contributed by atoms with Gasteiger partial charge in [0.1, 0.15) is 17.2 Å². The molecule has 2 aromatic carbocycles. The number of benzene rings is 2. The summed E-state index contributed by atoms with van der Waals surface area (Å²) < 4.78 is 11.6. The fourth-order valence-electron chi connectivity index (χ4n) is 2.24. The number of carbonyl (C=O) groups excluding carboxylic acids is 1. The van der Waals surface area contributed by atoms with Crippen LogP contribution in [-0.4, -0.2) is 30.9 Å². The first-order chi connectivity index (χ1) is 10.6. The Kier molecular flexibility index (Phi) is 4.47. The van der Waals surface area contributed by atoms with E-state index >= 15 is 0 Å². The fourth-order valence-corrected chi connectivity index (χ4v) is 3.06. The van der Waals surface area contributed by atoms with Gasteiger partial charge in [0.15, 0.2) is 5.78 Å². The Hall–Kier alpha value is -2.34. The van der Waals surface area contributed by atoms with E-state index in [1.54, 1.807) is 6.07 Å². The lowest BCUT2D eigenvalue weighted by atomic mass is 9.91. The molecule has 2 rings (SSSR count). The number of phenolic OH excluding ortho intramolecular Hbond substituents is 3. The van der Waals surface area contributed by atoms with Crippen LogP contribution in [0.4, 0.5) is 0 Å². The first-order valence-corrected chi connectivity index (χ1v) is 8.17. The molecule has 1 atom stereocenters. The number of Topliss-reactive ketones (excluding diaryl/α,β-unsaturated/α-hetero) is 1. The second kappa shape index (κ2) is 6.04. The van der Waals surface area contributed by atoms with Crippen molar-refractivity contribution in [1.29, 1.82) is 0 Å². The normalized spacial score (nSPS) is 12.8. The van der Waals surface area contributed by atoms with Gasteiger partial charge in [-0.05, 0) is 23.8 Å². The van der Waals surface area contributed by atoms with E-state index in [9.17, 15) is 34.5 Å². The summed E-state index contributed by atoms with van der Waals surface area (Å²) in [7, 11) is -4.89. The Morgan fingerprint density at radius 3 is 2.26 bits per heavy atom. The van der Waals surface area contributed by atoms with Crippen LogP contribution in [-0.2, 0) is 4.57 Å². The van der Waals surface area contributed by atoms with E-state index in [4.69, 9.17) is 0 Å². The maximum absolute atomic E-state index is 12.6. The van der Waals surface area contributed by atoms with Gasteiger partial charge in [-0.15, -0.1) is 0 Å². The molecule has 0 aliphatic heterocycles. The molecule has 0 saturated heterocycles. The summed E-state index contributed by atoms with van der Waals surface area (Å²) in [4.78, 5) is 31.3. The van der Waals surface area contributed by atoms with Crippen LogP contribution in [0.3, 0.4) is 0 Å². The third-order valence-corrected chi connectivity index (χ3v) is 4.39. The highest BCUT2D eigenvalue weighted by Gasteiger charge is 2.31. The molecular formula is C15H15O7P. The molecule has 122 valence electrons. The number of ketones is 1. The number of aromatic hydroxyl groups is 3. The maximum Gasteiger partial charge on any atom is 0.357 e. The Balaban J connectivity index is 2.57. The van der Waals surface area contributed by atoms with Gasteiger partial charge in [0.05, 0.1) is 10.9 Å². The standard InChI is InChI=1S/C15H15O7P/c1-8(9-3-2-4-10(16)5-9)15(19)14-12(18)6-11(17)7-13(14)23(20,21)22/h2-8,16-18H,1H3,(H2,20,21,22). The van der Waals surface area contributed by atoms with Gasteiger partial charge < -0.3 is 25.1 Å². The molecule has 7 nitrogen and oxygen atoms in total. The lowest BCUT2D eigenvalue weighted by molar-refractivity contribution is 0.0964. The molecule has 0 heterocycles. The third-order valence-electron chi connectivity index (χ3n) is 3.41. The van der Waals surface area contributed by atoms with Crippen molar-refractivity contribution < 1.29 is 34.5 Å². The van der Waals surface area contributed by atoms with Gasteiger partial charge in [-0.25, -0.2) is 0 Å². The van der Waals surface area contributed by atoms with Gasteiger partial charge in [0, 0.05) is 12.0 Å². The van der Waals surface area contributed by atoms with Gasteiger partial charge in [0.25, 0.3) is 0 Å². The number of carbonyl (C=O) groups is 1. The Bertz CT molecular complexity index is 809. The molecule has 8 heteroatoms. The highest BCUT2D eigenvalue weighted by molar-refractivity contribution is 7.60. The second-order valence-corrected chi connectivity index (χ2v) is 6.65. The predicted molar refractivity (Wildman–Crippen MR) is 82.3 cm³/mol. The van der Waals surface area contributed by atoms with Crippen molar-refractivity contribution in [1.82, 2.24) is 0 Å². The van der Waals surface area contributed by atoms with Crippen molar-refractivity contribution >= 4 is 18.7 Å². The lowest BCUT2D eigenvalue weighted by Crippen LogP contribution is -2.20. The van der Waals surface area contributed by atoms with Crippen molar-refractivity contribution in [3.05, 3.63) is 47.5 Å². The predicted octanol–water partition coefficient (Wildman–Crippen LogP) is 1.59. The quantitative estimate of drug-likeness (QED) is 0.422. The molecule has 23 heavy (non-hydrogen) atoms. The largest absolute Gasteiger partial charge is 0.508 e. The topological polar surface area (TPSA) is 135 Å². The SMILES string of the molecule is CC(C(=O)c1c(O)cc(O)cc1P(=O)(O)O)c1cccc(O)c1. The summed E-state index contributed by atoms with van der Waals surface area (Å²) >= 11 is 0. The number of hydrogen-bond donors (Lipinski definition) is 5. The van der Waals surface area contributed by atoms with Crippen LogP contribution < -0.4 is 5.30 Å². The summed E-state index contributed by atoms with van der Waals surface area (Å²) in [5.41, 5.74) is -0.133. The van der Waals surface area contributed by atoms with Gasteiger partial charge in [-0.2, -0.15) is 0 Å². The molecule has 0 aliphatic carbocycles. The summed E-state index contributed by atoms with van der Waals surface area (Å²) in [5, 5.41) is 28.0. The Morgan fingerprint density at radius 2 is 1.70 bits per heavy atom. The minimum atomic E-state index is -4.89. The smallest absolute Gasteiger partial charge is 0.357 e. The van der Waals surface area contributed by atoms with Crippen molar-refractivity contribution in [2.45, 2.75) is 12.8 Å². The van der Waals surface area contributed by atoms with E-state index < -0.39 is 41.7 Å². The zero-order chi connectivity index (χ0) is 17.4. The van der Waals surface area contributed by atoms with E-state index in [1.165, 1.54) is 25.1 Å². The van der Waals surface area contributed by atoms with E-state index in [-0.39, 0.29) is 5.75 Å². The molecule has 1 unspecified atom stereocenters. The van der Waals surface area contributed by atoms with Gasteiger partial charge in [-0.1, -0.05) is 19.1 Å².